The summed E-state index contributed by atoms with van der Waals surface area (Å²) in [5.41, 5.74) is 5.80. The summed E-state index contributed by atoms with van der Waals surface area (Å²) in [4.78, 5) is 16.8. The number of hydrogen-bond acceptors (Lipinski definition) is 2. The molecule has 4 heteroatoms. The lowest BCUT2D eigenvalue weighted by Crippen LogP contribution is -2.50. The molecule has 1 heterocycles. The first-order valence-corrected chi connectivity index (χ1v) is 9.42. The highest BCUT2D eigenvalue weighted by atomic mass is 16.2. The van der Waals surface area contributed by atoms with Gasteiger partial charge in [-0.3, -0.25) is 0 Å². The maximum atomic E-state index is 12.6. The van der Waals surface area contributed by atoms with E-state index in [0.29, 0.717) is 5.92 Å². The van der Waals surface area contributed by atoms with Crippen LogP contribution in [0.5, 0.6) is 0 Å². The molecule has 0 aliphatic carbocycles. The van der Waals surface area contributed by atoms with Crippen molar-refractivity contribution in [1.82, 2.24) is 4.90 Å². The topological polar surface area (TPSA) is 35.6 Å². The van der Waals surface area contributed by atoms with Crippen molar-refractivity contribution in [2.45, 2.75) is 33.6 Å². The van der Waals surface area contributed by atoms with E-state index < -0.39 is 0 Å². The zero-order valence-electron chi connectivity index (χ0n) is 16.2. The zero-order chi connectivity index (χ0) is 18.7. The van der Waals surface area contributed by atoms with Gasteiger partial charge < -0.3 is 15.1 Å². The number of amides is 2. The van der Waals surface area contributed by atoms with E-state index in [9.17, 15) is 4.79 Å². The van der Waals surface area contributed by atoms with Gasteiger partial charge in [-0.15, -0.1) is 0 Å². The smallest absolute Gasteiger partial charge is 0.321 e. The van der Waals surface area contributed by atoms with E-state index in [1.807, 2.05) is 24.0 Å². The average molecular weight is 351 g/mol. The molecular formula is C22H29N3O. The lowest BCUT2D eigenvalue weighted by Gasteiger charge is -2.36. The number of rotatable bonds is 3. The number of hydrogen-bond donors (Lipinski definition) is 1. The van der Waals surface area contributed by atoms with Crippen LogP contribution in [0.25, 0.3) is 0 Å². The second-order valence-electron chi connectivity index (χ2n) is 7.47. The maximum absolute atomic E-state index is 12.6. The van der Waals surface area contributed by atoms with E-state index >= 15 is 0 Å². The van der Waals surface area contributed by atoms with Gasteiger partial charge in [-0.1, -0.05) is 43.7 Å². The number of piperazine rings is 1. The molecule has 2 amide bonds. The molecule has 0 atom stereocenters. The molecule has 2 aromatic rings. The van der Waals surface area contributed by atoms with Gasteiger partial charge in [0.05, 0.1) is 0 Å². The first kappa shape index (κ1) is 18.3. The molecule has 4 nitrogen and oxygen atoms in total. The molecule has 0 radical (unpaired) electrons. The first-order valence-electron chi connectivity index (χ1n) is 9.42. The molecule has 138 valence electrons. The average Bonchev–Trinajstić information content (AvgIpc) is 2.64. The SMILES string of the molecule is Cc1ccc(NC(=O)N2CCN(c3ccc(C(C)C)cc3)CC2)c(C)c1. The van der Waals surface area contributed by atoms with Gasteiger partial charge in [-0.25, -0.2) is 4.79 Å². The molecule has 1 saturated heterocycles. The van der Waals surface area contributed by atoms with Crippen LogP contribution >= 0.6 is 0 Å². The number of carbonyl (C=O) groups excluding carboxylic acids is 1. The molecule has 0 bridgehead atoms. The van der Waals surface area contributed by atoms with Crippen LogP contribution < -0.4 is 10.2 Å². The van der Waals surface area contributed by atoms with Crippen LogP contribution in [0.2, 0.25) is 0 Å². The maximum Gasteiger partial charge on any atom is 0.321 e. The van der Waals surface area contributed by atoms with Crippen LogP contribution in [-0.4, -0.2) is 37.1 Å². The van der Waals surface area contributed by atoms with Gasteiger partial charge in [0.1, 0.15) is 0 Å². The van der Waals surface area contributed by atoms with E-state index in [1.165, 1.54) is 16.8 Å². The molecule has 0 saturated carbocycles. The van der Waals surface area contributed by atoms with Gasteiger partial charge in [-0.05, 0) is 49.1 Å². The summed E-state index contributed by atoms with van der Waals surface area (Å²) in [5, 5.41) is 3.05. The number of aryl methyl sites for hydroxylation is 2. The van der Waals surface area contributed by atoms with Crippen LogP contribution in [0.1, 0.15) is 36.5 Å². The number of nitrogens with one attached hydrogen (secondary N) is 1. The van der Waals surface area contributed by atoms with Crippen molar-refractivity contribution in [3.8, 4) is 0 Å². The Morgan fingerprint density at radius 2 is 1.62 bits per heavy atom. The third kappa shape index (κ3) is 4.18. The van der Waals surface area contributed by atoms with Gasteiger partial charge in [-0.2, -0.15) is 0 Å². The molecular weight excluding hydrogens is 322 g/mol. The molecule has 1 aliphatic heterocycles. The number of benzene rings is 2. The summed E-state index contributed by atoms with van der Waals surface area (Å²) >= 11 is 0. The van der Waals surface area contributed by atoms with Crippen LogP contribution in [-0.2, 0) is 0 Å². The Morgan fingerprint density at radius 1 is 0.962 bits per heavy atom. The van der Waals surface area contributed by atoms with Crippen molar-refractivity contribution in [2.75, 3.05) is 36.4 Å². The lowest BCUT2D eigenvalue weighted by atomic mass is 10.0. The van der Waals surface area contributed by atoms with E-state index in [4.69, 9.17) is 0 Å². The van der Waals surface area contributed by atoms with Gasteiger partial charge in [0.25, 0.3) is 0 Å². The Bertz CT molecular complexity index is 759. The van der Waals surface area contributed by atoms with Crippen molar-refractivity contribution < 1.29 is 4.79 Å². The predicted molar refractivity (Wildman–Crippen MR) is 109 cm³/mol. The molecule has 0 spiro atoms. The van der Waals surface area contributed by atoms with E-state index in [1.54, 1.807) is 0 Å². The standard InChI is InChI=1S/C22H29N3O/c1-16(2)19-6-8-20(9-7-19)24-11-13-25(14-12-24)22(26)23-21-10-5-17(3)15-18(21)4/h5-10,15-16H,11-14H2,1-4H3,(H,23,26). The van der Waals surface area contributed by atoms with Crippen molar-refractivity contribution in [3.05, 3.63) is 59.2 Å². The zero-order valence-corrected chi connectivity index (χ0v) is 16.2. The molecule has 0 unspecified atom stereocenters. The fourth-order valence-corrected chi connectivity index (χ4v) is 3.39. The molecule has 1 N–H and O–H groups in total. The summed E-state index contributed by atoms with van der Waals surface area (Å²) in [7, 11) is 0. The highest BCUT2D eigenvalue weighted by Crippen LogP contribution is 2.22. The minimum Gasteiger partial charge on any atom is -0.368 e. The van der Waals surface area contributed by atoms with Gasteiger partial charge in [0.15, 0.2) is 0 Å². The van der Waals surface area contributed by atoms with Gasteiger partial charge >= 0.3 is 6.03 Å². The molecule has 0 aromatic heterocycles. The second-order valence-corrected chi connectivity index (χ2v) is 7.47. The van der Waals surface area contributed by atoms with Gasteiger partial charge in [0, 0.05) is 37.6 Å². The van der Waals surface area contributed by atoms with Crippen LogP contribution in [0, 0.1) is 13.8 Å². The Kier molecular flexibility index (Phi) is 5.50. The second kappa shape index (κ2) is 7.81. The Morgan fingerprint density at radius 3 is 2.19 bits per heavy atom. The van der Waals surface area contributed by atoms with Crippen LogP contribution in [0.15, 0.2) is 42.5 Å². The third-order valence-electron chi connectivity index (χ3n) is 5.12. The highest BCUT2D eigenvalue weighted by molar-refractivity contribution is 5.90. The fraction of sp³-hybridized carbons (Fsp3) is 0.409. The number of nitrogens with zero attached hydrogens (tertiary/aromatic N) is 2. The number of anilines is 2. The van der Waals surface area contributed by atoms with Crippen LogP contribution in [0.4, 0.5) is 16.2 Å². The lowest BCUT2D eigenvalue weighted by molar-refractivity contribution is 0.208. The van der Waals surface area contributed by atoms with E-state index in [-0.39, 0.29) is 6.03 Å². The summed E-state index contributed by atoms with van der Waals surface area (Å²) < 4.78 is 0. The Balaban J connectivity index is 1.56. The molecule has 3 rings (SSSR count). The van der Waals surface area contributed by atoms with Crippen LogP contribution in [0.3, 0.4) is 0 Å². The number of urea groups is 1. The molecule has 2 aromatic carbocycles. The molecule has 1 aliphatic rings. The van der Waals surface area contributed by atoms with Crippen molar-refractivity contribution in [2.24, 2.45) is 0 Å². The minimum atomic E-state index is -0.00763. The highest BCUT2D eigenvalue weighted by Gasteiger charge is 2.21. The first-order chi connectivity index (χ1) is 12.4. The quantitative estimate of drug-likeness (QED) is 0.864. The third-order valence-corrected chi connectivity index (χ3v) is 5.12. The van der Waals surface area contributed by atoms with Crippen molar-refractivity contribution in [3.63, 3.8) is 0 Å². The monoisotopic (exact) mass is 351 g/mol. The summed E-state index contributed by atoms with van der Waals surface area (Å²) in [5.74, 6) is 0.551. The molecule has 26 heavy (non-hydrogen) atoms. The predicted octanol–water partition coefficient (Wildman–Crippen LogP) is 4.78. The normalized spacial score (nSPS) is 14.7. The summed E-state index contributed by atoms with van der Waals surface area (Å²) in [6, 6.07) is 14.9. The summed E-state index contributed by atoms with van der Waals surface area (Å²) in [6.45, 7) is 11.7. The Hall–Kier alpha value is -2.49. The largest absolute Gasteiger partial charge is 0.368 e. The van der Waals surface area contributed by atoms with Crippen molar-refractivity contribution in [1.29, 1.82) is 0 Å². The Labute approximate surface area is 156 Å². The van der Waals surface area contributed by atoms with E-state index in [0.717, 1.165) is 37.4 Å². The number of carbonyl (C=O) groups is 1. The minimum absolute atomic E-state index is 0.00763. The fourth-order valence-electron chi connectivity index (χ4n) is 3.39. The van der Waals surface area contributed by atoms with E-state index in [2.05, 4.69) is 61.3 Å². The summed E-state index contributed by atoms with van der Waals surface area (Å²) in [6.07, 6.45) is 0. The van der Waals surface area contributed by atoms with Gasteiger partial charge in [0.2, 0.25) is 0 Å². The molecule has 1 fully saturated rings. The van der Waals surface area contributed by atoms with Crippen molar-refractivity contribution >= 4 is 17.4 Å².